The highest BCUT2D eigenvalue weighted by Gasteiger charge is 2.24. The second kappa shape index (κ2) is 11.6. The maximum atomic E-state index is 12.4. The molecule has 1 saturated heterocycles. The lowest BCUT2D eigenvalue weighted by Gasteiger charge is -2.20. The van der Waals surface area contributed by atoms with Crippen LogP contribution in [0.1, 0.15) is 24.9 Å². The molecule has 31 heavy (non-hydrogen) atoms. The van der Waals surface area contributed by atoms with Crippen LogP contribution in [-0.2, 0) is 0 Å². The number of hydrogen-bond acceptors (Lipinski definition) is 5. The molecule has 1 fully saturated rings. The van der Waals surface area contributed by atoms with Crippen molar-refractivity contribution in [2.45, 2.75) is 19.4 Å². The van der Waals surface area contributed by atoms with Gasteiger partial charge in [0.2, 0.25) is 0 Å². The molecule has 2 N–H and O–H groups in total. The number of carbonyl (C=O) groups excluding carboxylic acids is 1. The summed E-state index contributed by atoms with van der Waals surface area (Å²) in [6, 6.07) is 13.2. The third kappa shape index (κ3) is 6.34. The Kier molecular flexibility index (Phi) is 9.12. The van der Waals surface area contributed by atoms with Crippen molar-refractivity contribution in [2.75, 3.05) is 45.9 Å². The first-order valence-corrected chi connectivity index (χ1v) is 10.2. The zero-order valence-electron chi connectivity index (χ0n) is 18.5. The summed E-state index contributed by atoms with van der Waals surface area (Å²) in [6.07, 6.45) is 1.04. The van der Waals surface area contributed by atoms with E-state index in [-0.39, 0.29) is 24.5 Å². The molecule has 2 aromatic carbocycles. The van der Waals surface area contributed by atoms with Gasteiger partial charge in [-0.15, -0.1) is 12.4 Å². The van der Waals surface area contributed by atoms with E-state index in [1.54, 1.807) is 21.3 Å². The fraction of sp³-hybridized carbons (Fsp3) is 0.435. The average molecular weight is 450 g/mol. The van der Waals surface area contributed by atoms with E-state index < -0.39 is 0 Å². The van der Waals surface area contributed by atoms with Crippen LogP contribution < -0.4 is 29.7 Å². The monoisotopic (exact) mass is 449 g/mol. The van der Waals surface area contributed by atoms with Crippen LogP contribution in [0.3, 0.4) is 0 Å². The number of benzene rings is 2. The van der Waals surface area contributed by atoms with Crippen molar-refractivity contribution in [3.63, 3.8) is 0 Å². The van der Waals surface area contributed by atoms with Crippen LogP contribution in [-0.4, -0.2) is 47.0 Å². The maximum Gasteiger partial charge on any atom is 0.315 e. The zero-order chi connectivity index (χ0) is 21.5. The van der Waals surface area contributed by atoms with Gasteiger partial charge < -0.3 is 29.7 Å². The van der Waals surface area contributed by atoms with Gasteiger partial charge >= 0.3 is 6.03 Å². The number of nitrogens with zero attached hydrogens (tertiary/aromatic N) is 1. The van der Waals surface area contributed by atoms with E-state index in [9.17, 15) is 4.79 Å². The molecule has 1 heterocycles. The summed E-state index contributed by atoms with van der Waals surface area (Å²) in [6.45, 7) is 4.44. The Morgan fingerprint density at radius 1 is 1.10 bits per heavy atom. The molecule has 0 bridgehead atoms. The van der Waals surface area contributed by atoms with Crippen LogP contribution >= 0.6 is 12.4 Å². The molecule has 0 aliphatic carbocycles. The molecule has 0 saturated carbocycles. The van der Waals surface area contributed by atoms with Crippen molar-refractivity contribution >= 4 is 24.1 Å². The molecule has 0 radical (unpaired) electrons. The third-order valence-corrected chi connectivity index (χ3v) is 5.51. The molecule has 1 aliphatic heterocycles. The Hall–Kier alpha value is -2.80. The van der Waals surface area contributed by atoms with E-state index in [4.69, 9.17) is 14.2 Å². The molecular formula is C23H32ClN3O4. The number of urea groups is 1. The molecular weight excluding hydrogens is 418 g/mol. The number of anilines is 1. The van der Waals surface area contributed by atoms with E-state index in [1.807, 2.05) is 43.3 Å². The minimum absolute atomic E-state index is 0. The summed E-state index contributed by atoms with van der Waals surface area (Å²) in [5.74, 6) is 2.70. The highest BCUT2D eigenvalue weighted by atomic mass is 35.5. The first kappa shape index (κ1) is 24.5. The first-order chi connectivity index (χ1) is 14.5. The lowest BCUT2D eigenvalue weighted by atomic mass is 10.1. The molecule has 3 rings (SSSR count). The quantitative estimate of drug-likeness (QED) is 0.636. The van der Waals surface area contributed by atoms with Gasteiger partial charge in [-0.05, 0) is 49.6 Å². The van der Waals surface area contributed by atoms with Gasteiger partial charge in [-0.1, -0.05) is 6.07 Å². The summed E-state index contributed by atoms with van der Waals surface area (Å²) in [5, 5.41) is 6.00. The van der Waals surface area contributed by atoms with E-state index in [1.165, 1.54) is 0 Å². The molecule has 2 atom stereocenters. The highest BCUT2D eigenvalue weighted by molar-refractivity contribution is 5.85. The Morgan fingerprint density at radius 3 is 2.55 bits per heavy atom. The van der Waals surface area contributed by atoms with Gasteiger partial charge in [0, 0.05) is 37.0 Å². The van der Waals surface area contributed by atoms with Gasteiger partial charge in [0.1, 0.15) is 17.2 Å². The fourth-order valence-corrected chi connectivity index (χ4v) is 3.78. The van der Waals surface area contributed by atoms with Crippen LogP contribution in [0.25, 0.3) is 0 Å². The van der Waals surface area contributed by atoms with E-state index in [2.05, 4.69) is 21.6 Å². The Bertz CT molecular complexity index is 864. The number of halogens is 1. The lowest BCUT2D eigenvalue weighted by Crippen LogP contribution is -2.40. The Balaban J connectivity index is 0.00000341. The van der Waals surface area contributed by atoms with Crippen molar-refractivity contribution in [3.05, 3.63) is 48.0 Å². The number of ether oxygens (including phenoxy) is 3. The summed E-state index contributed by atoms with van der Waals surface area (Å²) in [7, 11) is 4.91. The van der Waals surface area contributed by atoms with Gasteiger partial charge in [0.25, 0.3) is 0 Å². The Morgan fingerprint density at radius 2 is 1.84 bits per heavy atom. The van der Waals surface area contributed by atoms with Crippen LogP contribution in [0.15, 0.2) is 42.5 Å². The van der Waals surface area contributed by atoms with Gasteiger partial charge in [-0.2, -0.15) is 0 Å². The number of hydrogen-bond donors (Lipinski definition) is 2. The largest absolute Gasteiger partial charge is 0.497 e. The molecule has 2 unspecified atom stereocenters. The summed E-state index contributed by atoms with van der Waals surface area (Å²) < 4.78 is 16.0. The fourth-order valence-electron chi connectivity index (χ4n) is 3.78. The normalized spacial score (nSPS) is 16.1. The minimum atomic E-state index is -0.216. The van der Waals surface area contributed by atoms with Gasteiger partial charge in [0.15, 0.2) is 0 Å². The summed E-state index contributed by atoms with van der Waals surface area (Å²) >= 11 is 0. The van der Waals surface area contributed by atoms with Crippen LogP contribution in [0.2, 0.25) is 0 Å². The summed E-state index contributed by atoms with van der Waals surface area (Å²) in [4.78, 5) is 14.8. The van der Waals surface area contributed by atoms with Gasteiger partial charge in [-0.25, -0.2) is 4.79 Å². The maximum absolute atomic E-state index is 12.4. The predicted octanol–water partition coefficient (Wildman–Crippen LogP) is 4.02. The number of nitrogens with one attached hydrogen (secondary N) is 2. The lowest BCUT2D eigenvalue weighted by molar-refractivity contribution is 0.236. The van der Waals surface area contributed by atoms with Crippen molar-refractivity contribution in [1.29, 1.82) is 0 Å². The Labute approximate surface area is 190 Å². The topological polar surface area (TPSA) is 72.1 Å². The standard InChI is InChI=1S/C23H31N3O4.ClH/c1-16(21-13-20(29-3)8-9-22(21)30-4)25-23(27)24-14-17-10-11-26(15-17)18-6-5-7-19(12-18)28-2;/h5-9,12-13,16-17H,10-11,14-15H2,1-4H3,(H2,24,25,27);1H. The zero-order valence-corrected chi connectivity index (χ0v) is 19.3. The second-order valence-corrected chi connectivity index (χ2v) is 7.49. The third-order valence-electron chi connectivity index (χ3n) is 5.51. The number of methoxy groups -OCH3 is 3. The molecule has 1 aliphatic rings. The molecule has 8 heteroatoms. The van der Waals surface area contributed by atoms with Crippen molar-refractivity contribution in [3.8, 4) is 17.2 Å². The molecule has 2 aromatic rings. The van der Waals surface area contributed by atoms with Crippen LogP contribution in [0.5, 0.6) is 17.2 Å². The number of amides is 2. The molecule has 170 valence electrons. The smallest absolute Gasteiger partial charge is 0.315 e. The van der Waals surface area contributed by atoms with Crippen molar-refractivity contribution < 1.29 is 19.0 Å². The minimum Gasteiger partial charge on any atom is -0.497 e. The van der Waals surface area contributed by atoms with E-state index >= 15 is 0 Å². The molecule has 7 nitrogen and oxygen atoms in total. The van der Waals surface area contributed by atoms with Gasteiger partial charge in [0.05, 0.1) is 27.4 Å². The van der Waals surface area contributed by atoms with Crippen molar-refractivity contribution in [1.82, 2.24) is 10.6 Å². The SMILES string of the molecule is COc1cccc(N2CCC(CNC(=O)NC(C)c3cc(OC)ccc3OC)C2)c1.Cl. The van der Waals surface area contributed by atoms with Crippen LogP contribution in [0.4, 0.5) is 10.5 Å². The van der Waals surface area contributed by atoms with Crippen molar-refractivity contribution in [2.24, 2.45) is 5.92 Å². The molecule has 2 amide bonds. The van der Waals surface area contributed by atoms with Crippen LogP contribution in [0, 0.1) is 5.92 Å². The van der Waals surface area contributed by atoms with Gasteiger partial charge in [-0.3, -0.25) is 0 Å². The summed E-state index contributed by atoms with van der Waals surface area (Å²) in [5.41, 5.74) is 2.03. The number of carbonyl (C=O) groups is 1. The highest BCUT2D eigenvalue weighted by Crippen LogP contribution is 2.29. The predicted molar refractivity (Wildman–Crippen MR) is 125 cm³/mol. The first-order valence-electron chi connectivity index (χ1n) is 10.2. The second-order valence-electron chi connectivity index (χ2n) is 7.49. The van der Waals surface area contributed by atoms with E-state index in [0.29, 0.717) is 18.2 Å². The molecule has 0 aromatic heterocycles. The number of rotatable bonds is 8. The average Bonchev–Trinajstić information content (AvgIpc) is 3.26. The molecule has 0 spiro atoms. The van der Waals surface area contributed by atoms with E-state index in [0.717, 1.165) is 42.3 Å².